The van der Waals surface area contributed by atoms with Crippen molar-refractivity contribution in [1.29, 1.82) is 0 Å². The minimum Gasteiger partial charge on any atom is -0.463 e. The number of hydrogen-bond donors (Lipinski definition) is 1. The van der Waals surface area contributed by atoms with Gasteiger partial charge in [0, 0.05) is 40.1 Å². The van der Waals surface area contributed by atoms with Crippen LogP contribution < -0.4 is 5.32 Å². The number of nitrogens with zero attached hydrogens (tertiary/aromatic N) is 1. The van der Waals surface area contributed by atoms with Crippen LogP contribution in [-0.4, -0.2) is 72.0 Å². The first-order chi connectivity index (χ1) is 15.1. The highest BCUT2D eigenvalue weighted by molar-refractivity contribution is 5.94. The first-order valence-electron chi connectivity index (χ1n) is 9.59. The Morgan fingerprint density at radius 2 is 1.56 bits per heavy atom. The van der Waals surface area contributed by atoms with Crippen molar-refractivity contribution in [2.75, 3.05) is 6.61 Å². The zero-order valence-electron chi connectivity index (χ0n) is 17.9. The fourth-order valence-electron chi connectivity index (χ4n) is 3.05. The van der Waals surface area contributed by atoms with Crippen molar-refractivity contribution in [2.24, 2.45) is 0 Å². The van der Waals surface area contributed by atoms with Crippen molar-refractivity contribution in [1.82, 2.24) is 10.3 Å². The second-order valence-corrected chi connectivity index (χ2v) is 6.84. The van der Waals surface area contributed by atoms with Crippen LogP contribution in [0.4, 0.5) is 0 Å². The minimum atomic E-state index is -1.45. The van der Waals surface area contributed by atoms with Crippen LogP contribution >= 0.6 is 0 Å². The Bertz CT molecular complexity index is 859. The van der Waals surface area contributed by atoms with Gasteiger partial charge in [-0.2, -0.15) is 0 Å². The smallest absolute Gasteiger partial charge is 0.305 e. The minimum absolute atomic E-state index is 0.168. The fraction of sp³-hybridized carbons (Fsp3) is 0.500. The van der Waals surface area contributed by atoms with Gasteiger partial charge in [0.25, 0.3) is 5.91 Å². The molecule has 0 aromatic carbocycles. The summed E-state index contributed by atoms with van der Waals surface area (Å²) in [5.74, 6) is -3.54. The molecule has 0 aliphatic carbocycles. The topological polar surface area (TPSA) is 156 Å². The van der Waals surface area contributed by atoms with Crippen LogP contribution in [0.25, 0.3) is 0 Å². The number of amides is 1. The van der Waals surface area contributed by atoms with E-state index in [4.69, 9.17) is 23.7 Å². The van der Waals surface area contributed by atoms with E-state index in [1.54, 1.807) is 0 Å². The number of carbonyl (C=O) groups is 5. The predicted molar refractivity (Wildman–Crippen MR) is 104 cm³/mol. The van der Waals surface area contributed by atoms with E-state index in [-0.39, 0.29) is 5.56 Å². The summed E-state index contributed by atoms with van der Waals surface area (Å²) in [4.78, 5) is 63.1. The molecule has 32 heavy (non-hydrogen) atoms. The van der Waals surface area contributed by atoms with E-state index in [0.717, 1.165) is 27.7 Å². The number of pyridine rings is 1. The third-order valence-electron chi connectivity index (χ3n) is 4.20. The lowest BCUT2D eigenvalue weighted by Gasteiger charge is -2.44. The molecule has 1 fully saturated rings. The van der Waals surface area contributed by atoms with Crippen LogP contribution in [0.3, 0.4) is 0 Å². The summed E-state index contributed by atoms with van der Waals surface area (Å²) in [6.45, 7) is 4.11. The lowest BCUT2D eigenvalue weighted by atomic mass is 9.95. The lowest BCUT2D eigenvalue weighted by Crippen LogP contribution is -2.67. The van der Waals surface area contributed by atoms with Crippen molar-refractivity contribution in [2.45, 2.75) is 58.3 Å². The van der Waals surface area contributed by atoms with E-state index in [1.807, 2.05) is 0 Å². The molecular formula is C20H24N2O10. The number of carbonyl (C=O) groups excluding carboxylic acids is 5. The monoisotopic (exact) mass is 452 g/mol. The Hall–Kier alpha value is -3.54. The maximum absolute atomic E-state index is 12.7. The number of hydrogen-bond acceptors (Lipinski definition) is 11. The molecule has 0 saturated carbocycles. The lowest BCUT2D eigenvalue weighted by molar-refractivity contribution is -0.270. The van der Waals surface area contributed by atoms with Gasteiger partial charge in [0.2, 0.25) is 6.29 Å². The summed E-state index contributed by atoms with van der Waals surface area (Å²) in [5.41, 5.74) is 0.168. The van der Waals surface area contributed by atoms with Crippen LogP contribution in [0.1, 0.15) is 38.1 Å². The van der Waals surface area contributed by atoms with Crippen molar-refractivity contribution >= 4 is 29.8 Å². The van der Waals surface area contributed by atoms with E-state index in [2.05, 4.69) is 10.3 Å². The Morgan fingerprint density at radius 1 is 0.938 bits per heavy atom. The zero-order valence-corrected chi connectivity index (χ0v) is 17.9. The number of ether oxygens (including phenoxy) is 5. The van der Waals surface area contributed by atoms with Crippen molar-refractivity contribution in [3.05, 3.63) is 30.1 Å². The van der Waals surface area contributed by atoms with Crippen LogP contribution in [0, 0.1) is 0 Å². The van der Waals surface area contributed by atoms with E-state index in [9.17, 15) is 24.0 Å². The number of nitrogens with one attached hydrogen (secondary N) is 1. The highest BCUT2D eigenvalue weighted by Gasteiger charge is 2.52. The van der Waals surface area contributed by atoms with Gasteiger partial charge >= 0.3 is 23.9 Å². The molecule has 1 aromatic heterocycles. The van der Waals surface area contributed by atoms with Crippen molar-refractivity contribution < 1.29 is 47.7 Å². The first kappa shape index (κ1) is 24.7. The molecule has 12 heteroatoms. The highest BCUT2D eigenvalue weighted by Crippen LogP contribution is 2.28. The average Bonchev–Trinajstić information content (AvgIpc) is 2.70. The van der Waals surface area contributed by atoms with Gasteiger partial charge in [-0.15, -0.1) is 0 Å². The SMILES string of the molecule is CC(=O)OC[C@@H]1O[C@H](OC(C)=O)[C@H](NC(=O)c2cccnc2)[C@@H](OC(C)=O)[C@H]1OC(C)=O. The predicted octanol–water partition coefficient (Wildman–Crippen LogP) is -0.105. The highest BCUT2D eigenvalue weighted by atomic mass is 16.7. The Labute approximate surface area is 183 Å². The number of aromatic nitrogens is 1. The van der Waals surface area contributed by atoms with E-state index in [1.165, 1.54) is 24.5 Å². The Balaban J connectivity index is 2.44. The molecule has 1 amide bonds. The van der Waals surface area contributed by atoms with Gasteiger partial charge in [0.05, 0.1) is 5.56 Å². The van der Waals surface area contributed by atoms with Crippen molar-refractivity contribution in [3.63, 3.8) is 0 Å². The average molecular weight is 452 g/mol. The quantitative estimate of drug-likeness (QED) is 0.435. The standard InChI is InChI=1S/C20H24N2O10/c1-10(23)28-9-15-17(29-11(2)24)18(30-12(3)25)16(20(32-15)31-13(4)26)22-19(27)14-6-5-7-21-8-14/h5-8,15-18,20H,9H2,1-4H3,(H,22,27)/t15-,16+,17-,18+,20-/m0/s1. The molecule has 2 rings (SSSR count). The largest absolute Gasteiger partial charge is 0.463 e. The Morgan fingerprint density at radius 3 is 2.09 bits per heavy atom. The van der Waals surface area contributed by atoms with E-state index in [0.29, 0.717) is 0 Å². The van der Waals surface area contributed by atoms with Crippen LogP contribution in [0.2, 0.25) is 0 Å². The molecule has 12 nitrogen and oxygen atoms in total. The molecule has 174 valence electrons. The molecule has 1 aliphatic rings. The molecule has 1 aliphatic heterocycles. The first-order valence-corrected chi connectivity index (χ1v) is 9.59. The van der Waals surface area contributed by atoms with Crippen LogP contribution in [0.15, 0.2) is 24.5 Å². The third-order valence-corrected chi connectivity index (χ3v) is 4.20. The van der Waals surface area contributed by atoms with E-state index < -0.39 is 67.0 Å². The maximum atomic E-state index is 12.7. The molecule has 0 unspecified atom stereocenters. The maximum Gasteiger partial charge on any atom is 0.305 e. The second-order valence-electron chi connectivity index (χ2n) is 6.84. The molecule has 2 heterocycles. The normalized spacial score (nSPS) is 24.6. The third kappa shape index (κ3) is 7.01. The fourth-order valence-corrected chi connectivity index (χ4v) is 3.05. The van der Waals surface area contributed by atoms with Gasteiger partial charge in [0.15, 0.2) is 12.2 Å². The van der Waals surface area contributed by atoms with Gasteiger partial charge in [-0.3, -0.25) is 29.0 Å². The molecule has 0 bridgehead atoms. The van der Waals surface area contributed by atoms with Crippen LogP contribution in [0.5, 0.6) is 0 Å². The molecule has 0 radical (unpaired) electrons. The molecule has 0 spiro atoms. The van der Waals surface area contributed by atoms with Gasteiger partial charge in [-0.05, 0) is 12.1 Å². The molecule has 5 atom stereocenters. The molecule has 1 N–H and O–H groups in total. The Kier molecular flexibility index (Phi) is 8.64. The summed E-state index contributed by atoms with van der Waals surface area (Å²) >= 11 is 0. The van der Waals surface area contributed by atoms with Crippen molar-refractivity contribution in [3.8, 4) is 0 Å². The molecular weight excluding hydrogens is 428 g/mol. The summed E-state index contributed by atoms with van der Waals surface area (Å²) in [6, 6.07) is 1.75. The van der Waals surface area contributed by atoms with Gasteiger partial charge in [0.1, 0.15) is 18.8 Å². The van der Waals surface area contributed by atoms with Gasteiger partial charge < -0.3 is 29.0 Å². The van der Waals surface area contributed by atoms with E-state index >= 15 is 0 Å². The summed E-state index contributed by atoms with van der Waals surface area (Å²) in [6.07, 6.45) is -2.47. The number of rotatable bonds is 7. The summed E-state index contributed by atoms with van der Waals surface area (Å²) < 4.78 is 26.5. The second kappa shape index (κ2) is 11.2. The number of esters is 4. The van der Waals surface area contributed by atoms with Gasteiger partial charge in [-0.25, -0.2) is 0 Å². The zero-order chi connectivity index (χ0) is 23.8. The summed E-state index contributed by atoms with van der Waals surface area (Å²) in [5, 5.41) is 2.58. The molecule has 1 saturated heterocycles. The van der Waals surface area contributed by atoms with Crippen LogP contribution in [-0.2, 0) is 42.9 Å². The van der Waals surface area contributed by atoms with Gasteiger partial charge in [-0.1, -0.05) is 0 Å². The summed E-state index contributed by atoms with van der Waals surface area (Å²) in [7, 11) is 0. The molecule has 1 aromatic rings.